The maximum Gasteiger partial charge on any atom is 0.00562 e. The highest BCUT2D eigenvalue weighted by Crippen LogP contribution is 2.35. The van der Waals surface area contributed by atoms with Crippen molar-refractivity contribution in [1.82, 2.24) is 0 Å². The molecule has 0 fully saturated rings. The lowest BCUT2D eigenvalue weighted by Gasteiger charge is -2.19. The standard InChI is InChI=1S/C15H13/c1-2-11-9-10-13-6-3-5-12-7-4-8-14(11)15(12)13/h2-11H,1H3. The number of rotatable bonds is 1. The molecule has 2 aromatic carbocycles. The molecule has 0 nitrogen and oxygen atoms in total. The first-order valence-corrected chi connectivity index (χ1v) is 5.39. The molecule has 0 heteroatoms. The quantitative estimate of drug-likeness (QED) is 0.637. The summed E-state index contributed by atoms with van der Waals surface area (Å²) < 4.78 is 0. The summed E-state index contributed by atoms with van der Waals surface area (Å²) >= 11 is 0. The van der Waals surface area contributed by atoms with Gasteiger partial charge in [-0.15, -0.1) is 0 Å². The van der Waals surface area contributed by atoms with Gasteiger partial charge in [0.05, 0.1) is 0 Å². The van der Waals surface area contributed by atoms with Crippen LogP contribution in [0, 0.1) is 6.42 Å². The molecular formula is C15H13. The smallest absolute Gasteiger partial charge is 0.00562 e. The van der Waals surface area contributed by atoms with Crippen molar-refractivity contribution < 1.29 is 0 Å². The average Bonchev–Trinajstić information content (AvgIpc) is 2.30. The number of allylic oxidation sites excluding steroid dienone is 1. The zero-order valence-corrected chi connectivity index (χ0v) is 8.77. The Morgan fingerprint density at radius 3 is 2.67 bits per heavy atom. The monoisotopic (exact) mass is 193 g/mol. The minimum Gasteiger partial charge on any atom is -0.0761 e. The molecule has 0 aromatic heterocycles. The van der Waals surface area contributed by atoms with Gasteiger partial charge < -0.3 is 0 Å². The predicted molar refractivity (Wildman–Crippen MR) is 65.7 cm³/mol. The van der Waals surface area contributed by atoms with E-state index in [1.54, 1.807) is 0 Å². The molecule has 15 heavy (non-hydrogen) atoms. The normalized spacial score (nSPS) is 18.3. The molecule has 1 atom stereocenters. The van der Waals surface area contributed by atoms with E-state index in [9.17, 15) is 0 Å². The second-order valence-corrected chi connectivity index (χ2v) is 4.01. The van der Waals surface area contributed by atoms with Gasteiger partial charge in [0.25, 0.3) is 0 Å². The zero-order chi connectivity index (χ0) is 10.3. The summed E-state index contributed by atoms with van der Waals surface area (Å²) in [5.41, 5.74) is 2.79. The van der Waals surface area contributed by atoms with E-state index in [1.165, 1.54) is 21.9 Å². The molecule has 0 saturated heterocycles. The third kappa shape index (κ3) is 1.21. The van der Waals surface area contributed by atoms with Gasteiger partial charge in [0.15, 0.2) is 0 Å². The molecule has 0 N–H and O–H groups in total. The number of hydrogen-bond acceptors (Lipinski definition) is 0. The highest BCUT2D eigenvalue weighted by molar-refractivity contribution is 5.95. The largest absolute Gasteiger partial charge is 0.0761 e. The molecule has 0 saturated carbocycles. The molecule has 0 amide bonds. The third-order valence-electron chi connectivity index (χ3n) is 3.17. The van der Waals surface area contributed by atoms with E-state index in [-0.39, 0.29) is 0 Å². The van der Waals surface area contributed by atoms with Crippen LogP contribution < -0.4 is 0 Å². The molecule has 0 aliphatic heterocycles. The van der Waals surface area contributed by atoms with Crippen LogP contribution in [0.25, 0.3) is 16.8 Å². The van der Waals surface area contributed by atoms with Crippen molar-refractivity contribution >= 4 is 16.8 Å². The Bertz CT molecular complexity index is 529. The lowest BCUT2D eigenvalue weighted by atomic mass is 9.85. The van der Waals surface area contributed by atoms with Crippen molar-refractivity contribution in [2.24, 2.45) is 0 Å². The molecule has 1 aliphatic rings. The van der Waals surface area contributed by atoms with Crippen LogP contribution in [0.5, 0.6) is 0 Å². The van der Waals surface area contributed by atoms with Crippen molar-refractivity contribution in [1.29, 1.82) is 0 Å². The van der Waals surface area contributed by atoms with E-state index in [1.807, 2.05) is 0 Å². The van der Waals surface area contributed by atoms with Crippen LogP contribution in [0.15, 0.2) is 42.5 Å². The molecule has 0 spiro atoms. The van der Waals surface area contributed by atoms with Gasteiger partial charge in [-0.25, -0.2) is 0 Å². The van der Waals surface area contributed by atoms with Gasteiger partial charge in [0, 0.05) is 5.92 Å². The zero-order valence-electron chi connectivity index (χ0n) is 8.77. The highest BCUT2D eigenvalue weighted by Gasteiger charge is 2.15. The minimum absolute atomic E-state index is 0.476. The van der Waals surface area contributed by atoms with E-state index < -0.39 is 0 Å². The second kappa shape index (κ2) is 3.23. The fourth-order valence-electron chi connectivity index (χ4n) is 2.42. The predicted octanol–water partition coefficient (Wildman–Crippen LogP) is 4.17. The molecule has 3 rings (SSSR count). The first-order chi connectivity index (χ1) is 7.40. The SMILES string of the molecule is C[CH]C1C=Cc2cccc3cccc1c23. The van der Waals surface area contributed by atoms with Crippen LogP contribution in [0.4, 0.5) is 0 Å². The topological polar surface area (TPSA) is 0 Å². The van der Waals surface area contributed by atoms with Gasteiger partial charge >= 0.3 is 0 Å². The van der Waals surface area contributed by atoms with Crippen LogP contribution in [-0.2, 0) is 0 Å². The Kier molecular flexibility index (Phi) is 1.88. The summed E-state index contributed by atoms with van der Waals surface area (Å²) in [6.45, 7) is 2.13. The fraction of sp³-hybridized carbons (Fsp3) is 0.133. The summed E-state index contributed by atoms with van der Waals surface area (Å²) in [5.74, 6) is 0.476. The lowest BCUT2D eigenvalue weighted by molar-refractivity contribution is 0.995. The van der Waals surface area contributed by atoms with Crippen LogP contribution in [0.1, 0.15) is 24.0 Å². The maximum absolute atomic E-state index is 2.27. The molecule has 0 heterocycles. The minimum atomic E-state index is 0.476. The highest BCUT2D eigenvalue weighted by atomic mass is 14.2. The van der Waals surface area contributed by atoms with Crippen LogP contribution in [-0.4, -0.2) is 0 Å². The van der Waals surface area contributed by atoms with E-state index >= 15 is 0 Å². The van der Waals surface area contributed by atoms with Gasteiger partial charge in [-0.05, 0) is 28.3 Å². The van der Waals surface area contributed by atoms with Gasteiger partial charge in [-0.3, -0.25) is 0 Å². The molecule has 2 aromatic rings. The summed E-state index contributed by atoms with van der Waals surface area (Å²) in [6, 6.07) is 13.1. The van der Waals surface area contributed by atoms with Crippen molar-refractivity contribution in [2.45, 2.75) is 12.8 Å². The third-order valence-corrected chi connectivity index (χ3v) is 3.17. The number of benzene rings is 2. The van der Waals surface area contributed by atoms with E-state index in [0.717, 1.165) is 0 Å². The van der Waals surface area contributed by atoms with E-state index in [2.05, 4.69) is 61.9 Å². The summed E-state index contributed by atoms with van der Waals surface area (Å²) in [7, 11) is 0. The van der Waals surface area contributed by atoms with Crippen molar-refractivity contribution in [3.8, 4) is 0 Å². The lowest BCUT2D eigenvalue weighted by Crippen LogP contribution is -2.00. The Morgan fingerprint density at radius 2 is 1.87 bits per heavy atom. The maximum atomic E-state index is 2.27. The molecule has 73 valence electrons. The molecular weight excluding hydrogens is 180 g/mol. The first kappa shape index (κ1) is 8.72. The van der Waals surface area contributed by atoms with Gasteiger partial charge in [-0.2, -0.15) is 0 Å². The van der Waals surface area contributed by atoms with Gasteiger partial charge in [0.1, 0.15) is 0 Å². The van der Waals surface area contributed by atoms with Crippen molar-refractivity contribution in [3.63, 3.8) is 0 Å². The summed E-state index contributed by atoms with van der Waals surface area (Å²) in [5, 5.41) is 2.77. The number of hydrogen-bond donors (Lipinski definition) is 0. The Labute approximate surface area is 90.2 Å². The van der Waals surface area contributed by atoms with Crippen molar-refractivity contribution in [2.75, 3.05) is 0 Å². The Hall–Kier alpha value is -1.56. The average molecular weight is 193 g/mol. The second-order valence-electron chi connectivity index (χ2n) is 4.01. The first-order valence-electron chi connectivity index (χ1n) is 5.39. The molecule has 0 bridgehead atoms. The van der Waals surface area contributed by atoms with Gasteiger partial charge in [-0.1, -0.05) is 55.5 Å². The van der Waals surface area contributed by atoms with Crippen molar-refractivity contribution in [3.05, 3.63) is 60.0 Å². The molecule has 1 radical (unpaired) electrons. The van der Waals surface area contributed by atoms with Gasteiger partial charge in [0.2, 0.25) is 0 Å². The van der Waals surface area contributed by atoms with Crippen LogP contribution >= 0.6 is 0 Å². The fourth-order valence-corrected chi connectivity index (χ4v) is 2.42. The Balaban J connectivity index is 2.41. The Morgan fingerprint density at radius 1 is 1.07 bits per heavy atom. The molecule has 1 aliphatic carbocycles. The van der Waals surface area contributed by atoms with Crippen LogP contribution in [0.3, 0.4) is 0 Å². The van der Waals surface area contributed by atoms with Crippen LogP contribution in [0.2, 0.25) is 0 Å². The summed E-state index contributed by atoms with van der Waals surface area (Å²) in [6.07, 6.45) is 6.76. The van der Waals surface area contributed by atoms with E-state index in [0.29, 0.717) is 5.92 Å². The molecule has 1 unspecified atom stereocenters. The summed E-state index contributed by atoms with van der Waals surface area (Å²) in [4.78, 5) is 0. The van der Waals surface area contributed by atoms with E-state index in [4.69, 9.17) is 0 Å².